The van der Waals surface area contributed by atoms with Crippen molar-refractivity contribution in [2.75, 3.05) is 11.9 Å². The van der Waals surface area contributed by atoms with E-state index in [4.69, 9.17) is 11.6 Å². The third kappa shape index (κ3) is 5.37. The molecular formula is C19H24ClN5OS. The minimum Gasteiger partial charge on any atom is -0.351 e. The number of nitrogens with zero attached hydrogens (tertiary/aromatic N) is 3. The topological polar surface area (TPSA) is 79.8 Å². The number of aromatic nitrogens is 3. The van der Waals surface area contributed by atoms with Crippen LogP contribution in [0.5, 0.6) is 0 Å². The lowest BCUT2D eigenvalue weighted by molar-refractivity contribution is 0.0950. The summed E-state index contributed by atoms with van der Waals surface area (Å²) in [6.45, 7) is 8.59. The molecular weight excluding hydrogens is 382 g/mol. The summed E-state index contributed by atoms with van der Waals surface area (Å²) in [5, 5.41) is 8.57. The van der Waals surface area contributed by atoms with Gasteiger partial charge < -0.3 is 10.6 Å². The average Bonchev–Trinajstić information content (AvgIpc) is 3.15. The molecule has 1 amide bonds. The highest BCUT2D eigenvalue weighted by Crippen LogP contribution is 2.25. The molecule has 0 aliphatic carbocycles. The molecule has 3 aromatic rings. The van der Waals surface area contributed by atoms with E-state index >= 15 is 0 Å². The number of nitrogens with one attached hydrogen (secondary N) is 2. The highest BCUT2D eigenvalue weighted by Gasteiger charge is 2.17. The zero-order chi connectivity index (χ0) is 19.8. The molecule has 0 saturated heterocycles. The molecule has 27 heavy (non-hydrogen) atoms. The quantitative estimate of drug-likeness (QED) is 0.597. The van der Waals surface area contributed by atoms with Crippen LogP contribution in [-0.2, 0) is 0 Å². The summed E-state index contributed by atoms with van der Waals surface area (Å²) in [4.78, 5) is 25.4. The number of carbonyl (C=O) groups is 1. The zero-order valence-corrected chi connectivity index (χ0v) is 17.5. The van der Waals surface area contributed by atoms with Crippen LogP contribution in [0.4, 0.5) is 5.95 Å². The van der Waals surface area contributed by atoms with E-state index in [1.807, 2.05) is 45.2 Å². The second kappa shape index (κ2) is 10.2. The van der Waals surface area contributed by atoms with Crippen molar-refractivity contribution in [3.05, 3.63) is 46.2 Å². The van der Waals surface area contributed by atoms with Crippen LogP contribution in [0, 0.1) is 0 Å². The third-order valence-electron chi connectivity index (χ3n) is 3.63. The summed E-state index contributed by atoms with van der Waals surface area (Å²) >= 11 is 7.46. The van der Waals surface area contributed by atoms with E-state index in [1.165, 1.54) is 11.3 Å². The predicted octanol–water partition coefficient (Wildman–Crippen LogP) is 5.08. The highest BCUT2D eigenvalue weighted by atomic mass is 35.5. The summed E-state index contributed by atoms with van der Waals surface area (Å²) < 4.78 is 0.788. The van der Waals surface area contributed by atoms with Crippen molar-refractivity contribution in [2.24, 2.45) is 0 Å². The monoisotopic (exact) mass is 405 g/mol. The number of halogens is 1. The minimum atomic E-state index is -0.183. The molecule has 0 spiro atoms. The van der Waals surface area contributed by atoms with Crippen LogP contribution in [0.2, 0.25) is 5.02 Å². The van der Waals surface area contributed by atoms with Gasteiger partial charge >= 0.3 is 0 Å². The summed E-state index contributed by atoms with van der Waals surface area (Å²) in [5.41, 5.74) is 2.06. The van der Waals surface area contributed by atoms with Gasteiger partial charge in [0.15, 0.2) is 5.69 Å². The first kappa shape index (κ1) is 21.1. The van der Waals surface area contributed by atoms with Gasteiger partial charge in [0.05, 0.1) is 21.3 Å². The van der Waals surface area contributed by atoms with E-state index in [1.54, 1.807) is 12.4 Å². The van der Waals surface area contributed by atoms with Gasteiger partial charge in [0, 0.05) is 18.9 Å². The molecule has 0 aliphatic rings. The Kier molecular flexibility index (Phi) is 7.94. The fourth-order valence-electron chi connectivity index (χ4n) is 2.35. The van der Waals surface area contributed by atoms with Crippen LogP contribution < -0.4 is 10.6 Å². The van der Waals surface area contributed by atoms with Crippen molar-refractivity contribution in [3.63, 3.8) is 0 Å². The first-order valence-electron chi connectivity index (χ1n) is 8.99. The van der Waals surface area contributed by atoms with Crippen molar-refractivity contribution >= 4 is 45.0 Å². The van der Waals surface area contributed by atoms with E-state index in [2.05, 4.69) is 25.6 Å². The van der Waals surface area contributed by atoms with Gasteiger partial charge in [-0.2, -0.15) is 0 Å². The van der Waals surface area contributed by atoms with Crippen molar-refractivity contribution in [2.45, 2.75) is 40.2 Å². The normalized spacial score (nSPS) is 11.4. The first-order valence-corrected chi connectivity index (χ1v) is 10.2. The van der Waals surface area contributed by atoms with Crippen LogP contribution in [0.15, 0.2) is 29.9 Å². The number of carbonyl (C=O) groups excluding carboxylic acids is 1. The number of hydrogen-bond donors (Lipinski definition) is 2. The number of anilines is 1. The van der Waals surface area contributed by atoms with Crippen molar-refractivity contribution in [1.29, 1.82) is 0 Å². The first-order chi connectivity index (χ1) is 13.1. The fraction of sp³-hybridized carbons (Fsp3) is 0.368. The van der Waals surface area contributed by atoms with Crippen LogP contribution in [0.1, 0.15) is 56.2 Å². The van der Waals surface area contributed by atoms with Crippen LogP contribution in [0.25, 0.3) is 10.2 Å². The maximum absolute atomic E-state index is 12.4. The largest absolute Gasteiger partial charge is 0.351 e. The summed E-state index contributed by atoms with van der Waals surface area (Å²) in [7, 11) is 0. The molecule has 0 aliphatic heterocycles. The van der Waals surface area contributed by atoms with E-state index in [9.17, 15) is 4.79 Å². The molecule has 3 aromatic heterocycles. The molecule has 8 heteroatoms. The number of fused-ring (bicyclic) bond motifs is 1. The zero-order valence-electron chi connectivity index (χ0n) is 15.9. The van der Waals surface area contributed by atoms with E-state index in [-0.39, 0.29) is 11.9 Å². The molecule has 0 saturated carbocycles. The lowest BCUT2D eigenvalue weighted by Crippen LogP contribution is -2.25. The molecule has 3 rings (SSSR count). The fourth-order valence-corrected chi connectivity index (χ4v) is 3.35. The smallest absolute Gasteiger partial charge is 0.271 e. The second-order valence-corrected chi connectivity index (χ2v) is 6.94. The summed E-state index contributed by atoms with van der Waals surface area (Å²) in [6.07, 6.45) is 4.19. The summed E-state index contributed by atoms with van der Waals surface area (Å²) in [5.74, 6) is 0.219. The SMILES string of the molecule is CC.CCCNC(=O)c1nc(NC(C)c2cncc(Cl)c2)nc2ccsc12. The molecule has 144 valence electrons. The van der Waals surface area contributed by atoms with Gasteiger partial charge in [-0.25, -0.2) is 9.97 Å². The Morgan fingerprint density at radius 2 is 2.07 bits per heavy atom. The van der Waals surface area contributed by atoms with Gasteiger partial charge in [-0.3, -0.25) is 9.78 Å². The van der Waals surface area contributed by atoms with Gasteiger partial charge in [0.25, 0.3) is 5.91 Å². The number of hydrogen-bond acceptors (Lipinski definition) is 6. The van der Waals surface area contributed by atoms with Crippen molar-refractivity contribution < 1.29 is 4.79 Å². The van der Waals surface area contributed by atoms with E-state index in [0.717, 1.165) is 22.2 Å². The van der Waals surface area contributed by atoms with E-state index < -0.39 is 0 Å². The van der Waals surface area contributed by atoms with Crippen LogP contribution in [-0.4, -0.2) is 27.4 Å². The molecule has 0 aromatic carbocycles. The lowest BCUT2D eigenvalue weighted by atomic mass is 10.1. The molecule has 6 nitrogen and oxygen atoms in total. The Bertz CT molecular complexity index is 899. The Morgan fingerprint density at radius 3 is 2.78 bits per heavy atom. The van der Waals surface area contributed by atoms with Gasteiger partial charge in [0.1, 0.15) is 0 Å². The molecule has 1 atom stereocenters. The molecule has 0 bridgehead atoms. The molecule has 1 unspecified atom stereocenters. The van der Waals surface area contributed by atoms with E-state index in [0.29, 0.717) is 23.2 Å². The Morgan fingerprint density at radius 1 is 1.30 bits per heavy atom. The molecule has 2 N–H and O–H groups in total. The van der Waals surface area contributed by atoms with Gasteiger partial charge in [-0.1, -0.05) is 32.4 Å². The van der Waals surface area contributed by atoms with Crippen LogP contribution in [0.3, 0.4) is 0 Å². The number of pyridine rings is 1. The van der Waals surface area contributed by atoms with Crippen LogP contribution >= 0.6 is 22.9 Å². The predicted molar refractivity (Wildman–Crippen MR) is 113 cm³/mol. The number of rotatable bonds is 6. The number of thiophene rings is 1. The van der Waals surface area contributed by atoms with Gasteiger partial charge in [-0.05, 0) is 36.4 Å². The van der Waals surface area contributed by atoms with Gasteiger partial charge in [-0.15, -0.1) is 11.3 Å². The third-order valence-corrected chi connectivity index (χ3v) is 4.74. The molecule has 3 heterocycles. The summed E-state index contributed by atoms with van der Waals surface area (Å²) in [6, 6.07) is 3.62. The van der Waals surface area contributed by atoms with Gasteiger partial charge in [0.2, 0.25) is 5.95 Å². The lowest BCUT2D eigenvalue weighted by Gasteiger charge is -2.15. The molecule has 0 radical (unpaired) electrons. The number of amides is 1. The Hall–Kier alpha value is -2.25. The Balaban J connectivity index is 0.00000126. The highest BCUT2D eigenvalue weighted by molar-refractivity contribution is 7.17. The average molecular weight is 406 g/mol. The molecule has 0 fully saturated rings. The minimum absolute atomic E-state index is 0.103. The van der Waals surface area contributed by atoms with Crippen molar-refractivity contribution in [1.82, 2.24) is 20.3 Å². The Labute approximate surface area is 168 Å². The maximum Gasteiger partial charge on any atom is 0.271 e. The van der Waals surface area contributed by atoms with Crippen molar-refractivity contribution in [3.8, 4) is 0 Å². The standard InChI is InChI=1S/C17H18ClN5OS.C2H6/c1-3-5-20-16(24)14-15-13(4-6-25-15)22-17(23-14)21-10(2)11-7-12(18)9-19-8-11;1-2/h4,6-10H,3,5H2,1-2H3,(H,20,24)(H,21,22,23);1-2H3. The second-order valence-electron chi connectivity index (χ2n) is 5.59. The maximum atomic E-state index is 12.4.